The van der Waals surface area contributed by atoms with Gasteiger partial charge in [-0.15, -0.1) is 11.3 Å². The highest BCUT2D eigenvalue weighted by atomic mass is 32.2. The van der Waals surface area contributed by atoms with Crippen molar-refractivity contribution in [3.8, 4) is 0 Å². The zero-order valence-corrected chi connectivity index (χ0v) is 14.7. The molecule has 0 bridgehead atoms. The first-order chi connectivity index (χ1) is 9.85. The number of hydrogen-bond donors (Lipinski definition) is 2. The summed E-state index contributed by atoms with van der Waals surface area (Å²) < 4.78 is 28.6. The first kappa shape index (κ1) is 16.9. The van der Waals surface area contributed by atoms with E-state index in [0.29, 0.717) is 22.6 Å². The first-order valence-electron chi connectivity index (χ1n) is 7.67. The summed E-state index contributed by atoms with van der Waals surface area (Å²) in [5.41, 5.74) is 6.61. The molecule has 0 spiro atoms. The number of thiophene rings is 1. The van der Waals surface area contributed by atoms with E-state index in [1.807, 2.05) is 6.92 Å². The maximum absolute atomic E-state index is 12.6. The molecule has 1 fully saturated rings. The van der Waals surface area contributed by atoms with Gasteiger partial charge in [0.2, 0.25) is 10.0 Å². The molecule has 1 heterocycles. The number of aryl methyl sites for hydroxylation is 1. The molecule has 1 saturated carbocycles. The van der Waals surface area contributed by atoms with Crippen LogP contribution in [-0.2, 0) is 16.6 Å². The van der Waals surface area contributed by atoms with Crippen LogP contribution >= 0.6 is 11.3 Å². The predicted octanol–water partition coefficient (Wildman–Crippen LogP) is 3.01. The maximum atomic E-state index is 12.6. The Hall–Kier alpha value is -0.430. The summed E-state index contributed by atoms with van der Waals surface area (Å²) >= 11 is 1.29. The Bertz CT molecular complexity index is 578. The summed E-state index contributed by atoms with van der Waals surface area (Å²) in [4.78, 5) is 0.944. The number of rotatable bonds is 5. The van der Waals surface area contributed by atoms with Gasteiger partial charge in [0, 0.05) is 17.5 Å². The molecule has 1 aliphatic carbocycles. The monoisotopic (exact) mass is 330 g/mol. The third-order valence-electron chi connectivity index (χ3n) is 4.43. The molecule has 6 heteroatoms. The lowest BCUT2D eigenvalue weighted by Gasteiger charge is -2.34. The van der Waals surface area contributed by atoms with E-state index < -0.39 is 10.0 Å². The first-order valence-corrected chi connectivity index (χ1v) is 9.97. The van der Waals surface area contributed by atoms with Crippen LogP contribution in [0.15, 0.2) is 10.3 Å². The number of hydrogen-bond acceptors (Lipinski definition) is 4. The summed E-state index contributed by atoms with van der Waals surface area (Å²) in [7, 11) is -3.43. The van der Waals surface area contributed by atoms with Gasteiger partial charge in [-0.1, -0.05) is 26.7 Å². The summed E-state index contributed by atoms with van der Waals surface area (Å²) in [5.74, 6) is 0.936. The normalized spacial score (nSPS) is 23.7. The Balaban J connectivity index is 2.19. The molecule has 4 nitrogen and oxygen atoms in total. The smallest absolute Gasteiger partial charge is 0.250 e. The maximum Gasteiger partial charge on any atom is 0.250 e. The average molecular weight is 331 g/mol. The lowest BCUT2D eigenvalue weighted by atomic mass is 9.78. The van der Waals surface area contributed by atoms with E-state index in [1.165, 1.54) is 17.8 Å². The summed E-state index contributed by atoms with van der Waals surface area (Å²) in [6.07, 6.45) is 4.36. The van der Waals surface area contributed by atoms with Crippen molar-refractivity contribution in [2.24, 2.45) is 17.6 Å². The standard InChI is InChI=1S/C15H26N2O2S2/c1-10(2)12-6-4-5-7-13(12)17-21(18,19)15-8-11(3)14(9-16)20-15/h8,10,12-13,17H,4-7,9,16H2,1-3H3. The Morgan fingerprint density at radius 2 is 2.05 bits per heavy atom. The molecule has 2 atom stereocenters. The third kappa shape index (κ3) is 3.86. The van der Waals surface area contributed by atoms with Crippen LogP contribution in [0.25, 0.3) is 0 Å². The molecule has 0 aliphatic heterocycles. The van der Waals surface area contributed by atoms with E-state index >= 15 is 0 Å². The van der Waals surface area contributed by atoms with Gasteiger partial charge in [0.15, 0.2) is 0 Å². The fourth-order valence-corrected chi connectivity index (χ4v) is 5.99. The number of sulfonamides is 1. The topological polar surface area (TPSA) is 72.2 Å². The molecule has 21 heavy (non-hydrogen) atoms. The highest BCUT2D eigenvalue weighted by molar-refractivity contribution is 7.91. The van der Waals surface area contributed by atoms with E-state index in [0.717, 1.165) is 29.7 Å². The van der Waals surface area contributed by atoms with Gasteiger partial charge >= 0.3 is 0 Å². The highest BCUT2D eigenvalue weighted by Crippen LogP contribution is 2.32. The van der Waals surface area contributed by atoms with Crippen molar-refractivity contribution in [1.29, 1.82) is 0 Å². The van der Waals surface area contributed by atoms with Gasteiger partial charge in [0.05, 0.1) is 0 Å². The van der Waals surface area contributed by atoms with Crippen LogP contribution in [0.1, 0.15) is 50.0 Å². The highest BCUT2D eigenvalue weighted by Gasteiger charge is 2.31. The van der Waals surface area contributed by atoms with Crippen LogP contribution < -0.4 is 10.5 Å². The van der Waals surface area contributed by atoms with Gasteiger partial charge in [0.1, 0.15) is 4.21 Å². The Morgan fingerprint density at radius 1 is 1.38 bits per heavy atom. The van der Waals surface area contributed by atoms with E-state index in [1.54, 1.807) is 6.07 Å². The van der Waals surface area contributed by atoms with E-state index in [9.17, 15) is 8.42 Å². The molecule has 3 N–H and O–H groups in total. The van der Waals surface area contributed by atoms with Gasteiger partial charge in [-0.05, 0) is 43.2 Å². The van der Waals surface area contributed by atoms with Crippen molar-refractivity contribution in [2.45, 2.75) is 63.3 Å². The molecule has 2 rings (SSSR count). The predicted molar refractivity (Wildman–Crippen MR) is 87.9 cm³/mol. The van der Waals surface area contributed by atoms with Gasteiger partial charge in [-0.2, -0.15) is 0 Å². The van der Waals surface area contributed by atoms with Crippen molar-refractivity contribution in [3.05, 3.63) is 16.5 Å². The summed E-state index contributed by atoms with van der Waals surface area (Å²) in [6, 6.07) is 1.80. The molecule has 0 amide bonds. The van der Waals surface area contributed by atoms with Gasteiger partial charge in [0.25, 0.3) is 0 Å². The zero-order valence-electron chi connectivity index (χ0n) is 13.1. The SMILES string of the molecule is Cc1cc(S(=O)(=O)NC2CCCCC2C(C)C)sc1CN. The fourth-order valence-electron chi connectivity index (χ4n) is 3.18. The molecule has 2 unspecified atom stereocenters. The van der Waals surface area contributed by atoms with Gasteiger partial charge in [-0.25, -0.2) is 13.1 Å². The third-order valence-corrected chi connectivity index (χ3v) is 7.65. The lowest BCUT2D eigenvalue weighted by Crippen LogP contribution is -2.43. The molecular weight excluding hydrogens is 304 g/mol. The van der Waals surface area contributed by atoms with Crippen molar-refractivity contribution in [2.75, 3.05) is 0 Å². The van der Waals surface area contributed by atoms with Crippen LogP contribution in [-0.4, -0.2) is 14.5 Å². The van der Waals surface area contributed by atoms with Gasteiger partial charge in [-0.3, -0.25) is 0 Å². The Morgan fingerprint density at radius 3 is 2.62 bits per heavy atom. The van der Waals surface area contributed by atoms with Crippen LogP contribution in [0, 0.1) is 18.8 Å². The quantitative estimate of drug-likeness (QED) is 0.871. The molecule has 0 aromatic carbocycles. The second kappa shape index (κ2) is 6.77. The zero-order chi connectivity index (χ0) is 15.6. The molecule has 1 aromatic rings. The molecule has 1 aliphatic rings. The van der Waals surface area contributed by atoms with E-state index in [-0.39, 0.29) is 6.04 Å². The molecule has 0 saturated heterocycles. The Kier molecular flexibility index (Phi) is 5.46. The molecule has 1 aromatic heterocycles. The van der Waals surface area contributed by atoms with Gasteiger partial charge < -0.3 is 5.73 Å². The van der Waals surface area contributed by atoms with Crippen LogP contribution in [0.3, 0.4) is 0 Å². The Labute approximate surface area is 132 Å². The molecule has 120 valence electrons. The van der Waals surface area contributed by atoms with Crippen LogP contribution in [0.4, 0.5) is 0 Å². The second-order valence-corrected chi connectivity index (χ2v) is 9.37. The van der Waals surface area contributed by atoms with E-state index in [4.69, 9.17) is 5.73 Å². The minimum absolute atomic E-state index is 0.0625. The lowest BCUT2D eigenvalue weighted by molar-refractivity contribution is 0.226. The van der Waals surface area contributed by atoms with Crippen LogP contribution in [0.5, 0.6) is 0 Å². The van der Waals surface area contributed by atoms with Crippen molar-refractivity contribution >= 4 is 21.4 Å². The molecule has 0 radical (unpaired) electrons. The second-order valence-electron chi connectivity index (χ2n) is 6.30. The molecular formula is C15H26N2O2S2. The summed E-state index contributed by atoms with van der Waals surface area (Å²) in [6.45, 7) is 6.66. The van der Waals surface area contributed by atoms with Crippen molar-refractivity contribution in [1.82, 2.24) is 4.72 Å². The average Bonchev–Trinajstić information content (AvgIpc) is 2.81. The fraction of sp³-hybridized carbons (Fsp3) is 0.733. The van der Waals surface area contributed by atoms with Crippen molar-refractivity contribution in [3.63, 3.8) is 0 Å². The van der Waals surface area contributed by atoms with E-state index in [2.05, 4.69) is 18.6 Å². The van der Waals surface area contributed by atoms with Crippen LogP contribution in [0.2, 0.25) is 0 Å². The number of nitrogens with two attached hydrogens (primary N) is 1. The largest absolute Gasteiger partial charge is 0.326 e. The van der Waals surface area contributed by atoms with Crippen molar-refractivity contribution < 1.29 is 8.42 Å². The minimum atomic E-state index is -3.43. The summed E-state index contributed by atoms with van der Waals surface area (Å²) in [5, 5.41) is 0. The minimum Gasteiger partial charge on any atom is -0.326 e. The number of nitrogens with one attached hydrogen (secondary N) is 1.